The zero-order valence-electron chi connectivity index (χ0n) is 10.6. The summed E-state index contributed by atoms with van der Waals surface area (Å²) >= 11 is 0. The van der Waals surface area contributed by atoms with Crippen LogP contribution in [-0.4, -0.2) is 27.8 Å². The fourth-order valence-corrected chi connectivity index (χ4v) is 1.76. The molecule has 0 bridgehead atoms. The quantitative estimate of drug-likeness (QED) is 0.750. The lowest BCUT2D eigenvalue weighted by Crippen LogP contribution is -2.08. The number of benzene rings is 1. The molecule has 0 saturated carbocycles. The molecule has 1 aromatic rings. The SMILES string of the molecule is CNCCCc1cc(OC)c(C)cc1OC. The molecule has 0 aliphatic heterocycles. The Balaban J connectivity index is 2.86. The van der Waals surface area contributed by atoms with Crippen LogP contribution >= 0.6 is 0 Å². The molecule has 0 aliphatic carbocycles. The fourth-order valence-electron chi connectivity index (χ4n) is 1.76. The number of methoxy groups -OCH3 is 2. The second-order valence-electron chi connectivity index (χ2n) is 3.84. The average molecular weight is 223 g/mol. The van der Waals surface area contributed by atoms with E-state index in [4.69, 9.17) is 9.47 Å². The summed E-state index contributed by atoms with van der Waals surface area (Å²) in [7, 11) is 5.38. The van der Waals surface area contributed by atoms with E-state index in [2.05, 4.69) is 11.4 Å². The van der Waals surface area contributed by atoms with Crippen LogP contribution < -0.4 is 14.8 Å². The average Bonchev–Trinajstić information content (AvgIpc) is 2.30. The smallest absolute Gasteiger partial charge is 0.122 e. The lowest BCUT2D eigenvalue weighted by atomic mass is 10.1. The van der Waals surface area contributed by atoms with Gasteiger partial charge in [-0.3, -0.25) is 0 Å². The van der Waals surface area contributed by atoms with E-state index in [-0.39, 0.29) is 0 Å². The minimum Gasteiger partial charge on any atom is -0.496 e. The zero-order chi connectivity index (χ0) is 12.0. The highest BCUT2D eigenvalue weighted by Gasteiger charge is 2.07. The molecule has 0 fully saturated rings. The number of rotatable bonds is 6. The molecule has 16 heavy (non-hydrogen) atoms. The maximum absolute atomic E-state index is 5.38. The van der Waals surface area contributed by atoms with Crippen molar-refractivity contribution < 1.29 is 9.47 Å². The molecule has 90 valence electrons. The van der Waals surface area contributed by atoms with Gasteiger partial charge in [0, 0.05) is 0 Å². The monoisotopic (exact) mass is 223 g/mol. The predicted octanol–water partition coefficient (Wildman–Crippen LogP) is 2.16. The van der Waals surface area contributed by atoms with E-state index in [0.717, 1.165) is 36.4 Å². The van der Waals surface area contributed by atoms with E-state index in [1.165, 1.54) is 5.56 Å². The third kappa shape index (κ3) is 3.14. The van der Waals surface area contributed by atoms with Crippen LogP contribution in [0.1, 0.15) is 17.5 Å². The van der Waals surface area contributed by atoms with Crippen LogP contribution in [0.25, 0.3) is 0 Å². The molecule has 0 amide bonds. The van der Waals surface area contributed by atoms with Gasteiger partial charge in [0.25, 0.3) is 0 Å². The Labute approximate surface area is 97.8 Å². The van der Waals surface area contributed by atoms with Crippen LogP contribution in [0, 0.1) is 6.92 Å². The zero-order valence-corrected chi connectivity index (χ0v) is 10.6. The molecule has 0 spiro atoms. The summed E-state index contributed by atoms with van der Waals surface area (Å²) in [4.78, 5) is 0. The van der Waals surface area contributed by atoms with Gasteiger partial charge in [-0.1, -0.05) is 0 Å². The van der Waals surface area contributed by atoms with E-state index in [1.807, 2.05) is 20.0 Å². The van der Waals surface area contributed by atoms with Crippen molar-refractivity contribution in [3.05, 3.63) is 23.3 Å². The van der Waals surface area contributed by atoms with Crippen molar-refractivity contribution in [1.82, 2.24) is 5.32 Å². The Bertz CT molecular complexity index is 337. The molecule has 0 unspecified atom stereocenters. The summed E-state index contributed by atoms with van der Waals surface area (Å²) in [5.41, 5.74) is 2.32. The fraction of sp³-hybridized carbons (Fsp3) is 0.538. The molecular weight excluding hydrogens is 202 g/mol. The van der Waals surface area contributed by atoms with Gasteiger partial charge in [0.1, 0.15) is 11.5 Å². The molecule has 1 N–H and O–H groups in total. The number of hydrogen-bond acceptors (Lipinski definition) is 3. The van der Waals surface area contributed by atoms with Gasteiger partial charge in [-0.25, -0.2) is 0 Å². The topological polar surface area (TPSA) is 30.5 Å². The maximum atomic E-state index is 5.38. The van der Waals surface area contributed by atoms with Crippen molar-refractivity contribution in [1.29, 1.82) is 0 Å². The van der Waals surface area contributed by atoms with E-state index in [9.17, 15) is 0 Å². The standard InChI is InChI=1S/C13H21NO2/c1-10-8-13(16-4)11(6-5-7-14-2)9-12(10)15-3/h8-9,14H,5-7H2,1-4H3. The van der Waals surface area contributed by atoms with Gasteiger partial charge in [-0.2, -0.15) is 0 Å². The van der Waals surface area contributed by atoms with Gasteiger partial charge in [-0.15, -0.1) is 0 Å². The minimum absolute atomic E-state index is 0.931. The summed E-state index contributed by atoms with van der Waals surface area (Å²) in [5.74, 6) is 1.88. The Kier molecular flexibility index (Phi) is 5.12. The molecule has 1 aromatic carbocycles. The first kappa shape index (κ1) is 12.8. The lowest BCUT2D eigenvalue weighted by Gasteiger charge is -2.12. The van der Waals surface area contributed by atoms with Crippen molar-refractivity contribution in [3.8, 4) is 11.5 Å². The van der Waals surface area contributed by atoms with Crippen molar-refractivity contribution in [3.63, 3.8) is 0 Å². The summed E-state index contributed by atoms with van der Waals surface area (Å²) in [5, 5.41) is 3.14. The Morgan fingerprint density at radius 1 is 1.12 bits per heavy atom. The largest absolute Gasteiger partial charge is 0.496 e. The molecular formula is C13H21NO2. The van der Waals surface area contributed by atoms with Crippen LogP contribution in [0.4, 0.5) is 0 Å². The third-order valence-electron chi connectivity index (χ3n) is 2.67. The molecule has 0 aromatic heterocycles. The summed E-state index contributed by atoms with van der Waals surface area (Å²) in [6.45, 7) is 3.04. The van der Waals surface area contributed by atoms with E-state index in [1.54, 1.807) is 14.2 Å². The second kappa shape index (κ2) is 6.38. The number of aryl methyl sites for hydroxylation is 2. The van der Waals surface area contributed by atoms with Gasteiger partial charge in [-0.05, 0) is 56.6 Å². The first-order valence-corrected chi connectivity index (χ1v) is 5.59. The maximum Gasteiger partial charge on any atom is 0.122 e. The minimum atomic E-state index is 0.931. The van der Waals surface area contributed by atoms with Gasteiger partial charge in [0.05, 0.1) is 14.2 Å². The van der Waals surface area contributed by atoms with Crippen LogP contribution in [0.15, 0.2) is 12.1 Å². The highest BCUT2D eigenvalue weighted by molar-refractivity contribution is 5.45. The predicted molar refractivity (Wildman–Crippen MR) is 66.5 cm³/mol. The molecule has 3 nitrogen and oxygen atoms in total. The van der Waals surface area contributed by atoms with Crippen LogP contribution in [0.3, 0.4) is 0 Å². The van der Waals surface area contributed by atoms with E-state index in [0.29, 0.717) is 0 Å². The molecule has 3 heteroatoms. The van der Waals surface area contributed by atoms with Crippen LogP contribution in [-0.2, 0) is 6.42 Å². The highest BCUT2D eigenvalue weighted by Crippen LogP contribution is 2.28. The Morgan fingerprint density at radius 2 is 1.81 bits per heavy atom. The third-order valence-corrected chi connectivity index (χ3v) is 2.67. The van der Waals surface area contributed by atoms with Gasteiger partial charge in [0.15, 0.2) is 0 Å². The van der Waals surface area contributed by atoms with Gasteiger partial charge < -0.3 is 14.8 Å². The second-order valence-corrected chi connectivity index (χ2v) is 3.84. The van der Waals surface area contributed by atoms with Crippen LogP contribution in [0.5, 0.6) is 11.5 Å². The van der Waals surface area contributed by atoms with E-state index < -0.39 is 0 Å². The van der Waals surface area contributed by atoms with E-state index >= 15 is 0 Å². The van der Waals surface area contributed by atoms with Gasteiger partial charge in [0.2, 0.25) is 0 Å². The van der Waals surface area contributed by atoms with Crippen molar-refractivity contribution in [2.75, 3.05) is 27.8 Å². The number of ether oxygens (including phenoxy) is 2. The molecule has 0 aliphatic rings. The summed E-state index contributed by atoms with van der Waals surface area (Å²) in [6, 6.07) is 4.11. The molecule has 0 atom stereocenters. The van der Waals surface area contributed by atoms with Crippen molar-refractivity contribution in [2.45, 2.75) is 19.8 Å². The molecule has 1 rings (SSSR count). The first-order valence-electron chi connectivity index (χ1n) is 5.59. The molecule has 0 heterocycles. The lowest BCUT2D eigenvalue weighted by molar-refractivity contribution is 0.396. The molecule has 0 saturated heterocycles. The molecule has 0 radical (unpaired) electrons. The van der Waals surface area contributed by atoms with Crippen molar-refractivity contribution >= 4 is 0 Å². The Hall–Kier alpha value is -1.22. The number of nitrogens with one attached hydrogen (secondary N) is 1. The normalized spacial score (nSPS) is 10.2. The summed E-state index contributed by atoms with van der Waals surface area (Å²) in [6.07, 6.45) is 2.10. The number of hydrogen-bond donors (Lipinski definition) is 1. The highest BCUT2D eigenvalue weighted by atomic mass is 16.5. The van der Waals surface area contributed by atoms with Crippen LogP contribution in [0.2, 0.25) is 0 Å². The van der Waals surface area contributed by atoms with Gasteiger partial charge >= 0.3 is 0 Å². The first-order chi connectivity index (χ1) is 7.72. The summed E-state index contributed by atoms with van der Waals surface area (Å²) < 4.78 is 10.7. The van der Waals surface area contributed by atoms with Crippen molar-refractivity contribution in [2.24, 2.45) is 0 Å². The Morgan fingerprint density at radius 3 is 2.38 bits per heavy atom.